The second-order valence-electron chi connectivity index (χ2n) is 7.39. The van der Waals surface area contributed by atoms with E-state index in [0.717, 1.165) is 22.6 Å². The van der Waals surface area contributed by atoms with Crippen LogP contribution in [-0.4, -0.2) is 9.55 Å². The molecule has 0 bridgehead atoms. The van der Waals surface area contributed by atoms with Crippen molar-refractivity contribution < 1.29 is 0 Å². The number of halogens is 1. The van der Waals surface area contributed by atoms with E-state index in [9.17, 15) is 0 Å². The highest BCUT2D eigenvalue weighted by Gasteiger charge is 2.46. The topological polar surface area (TPSA) is 17.8 Å². The Labute approximate surface area is 157 Å². The van der Waals surface area contributed by atoms with Gasteiger partial charge in [-0.1, -0.05) is 78.0 Å². The molecule has 0 saturated heterocycles. The molecule has 0 amide bonds. The van der Waals surface area contributed by atoms with Crippen LogP contribution in [0.3, 0.4) is 0 Å². The van der Waals surface area contributed by atoms with Crippen molar-refractivity contribution >= 4 is 15.9 Å². The summed E-state index contributed by atoms with van der Waals surface area (Å²) in [6.07, 6.45) is 10.7. The summed E-state index contributed by atoms with van der Waals surface area (Å²) < 4.78 is 3.57. The minimum atomic E-state index is -0.138. The van der Waals surface area contributed by atoms with Crippen LogP contribution in [0.2, 0.25) is 0 Å². The zero-order chi connectivity index (χ0) is 16.9. The first kappa shape index (κ1) is 15.4. The van der Waals surface area contributed by atoms with Crippen molar-refractivity contribution in [1.82, 2.24) is 9.55 Å². The number of hydrogen-bond donors (Lipinski definition) is 0. The first-order valence-corrected chi connectivity index (χ1v) is 9.98. The summed E-state index contributed by atoms with van der Waals surface area (Å²) in [6, 6.07) is 17.7. The number of imidazole rings is 1. The van der Waals surface area contributed by atoms with E-state index in [4.69, 9.17) is 4.98 Å². The van der Waals surface area contributed by atoms with Gasteiger partial charge in [0.1, 0.15) is 5.82 Å². The lowest BCUT2D eigenvalue weighted by molar-refractivity contribution is 0.331. The van der Waals surface area contributed by atoms with Gasteiger partial charge in [0.15, 0.2) is 0 Å². The standard InChI is InChI=1S/C22H21BrN2/c23-18-9-5-8-17(14-18)22(15-16-6-1-2-7-16)20-11-4-3-10-19(20)21-24-12-13-25(21)22/h3-5,8-14,16H,1-2,6-7,15H2. The number of nitrogens with zero attached hydrogens (tertiary/aromatic N) is 2. The molecular formula is C22H21BrN2. The average Bonchev–Trinajstić information content (AvgIpc) is 3.35. The van der Waals surface area contributed by atoms with Crippen LogP contribution in [0.5, 0.6) is 0 Å². The van der Waals surface area contributed by atoms with Gasteiger partial charge in [0.05, 0.1) is 5.54 Å². The lowest BCUT2D eigenvalue weighted by Crippen LogP contribution is -2.35. The summed E-state index contributed by atoms with van der Waals surface area (Å²) >= 11 is 3.69. The van der Waals surface area contributed by atoms with Gasteiger partial charge in [-0.25, -0.2) is 4.98 Å². The highest BCUT2D eigenvalue weighted by Crippen LogP contribution is 2.52. The van der Waals surface area contributed by atoms with E-state index < -0.39 is 0 Å². The van der Waals surface area contributed by atoms with Crippen LogP contribution in [0.1, 0.15) is 43.2 Å². The van der Waals surface area contributed by atoms with Gasteiger partial charge in [0, 0.05) is 22.4 Å². The lowest BCUT2D eigenvalue weighted by Gasteiger charge is -2.36. The summed E-state index contributed by atoms with van der Waals surface area (Å²) in [7, 11) is 0. The maximum atomic E-state index is 4.71. The molecule has 0 spiro atoms. The number of fused-ring (bicyclic) bond motifs is 3. The van der Waals surface area contributed by atoms with Gasteiger partial charge < -0.3 is 4.57 Å². The van der Waals surface area contributed by atoms with Crippen LogP contribution >= 0.6 is 15.9 Å². The van der Waals surface area contributed by atoms with Crippen LogP contribution < -0.4 is 0 Å². The number of aromatic nitrogens is 2. The van der Waals surface area contributed by atoms with Crippen LogP contribution in [0.25, 0.3) is 11.4 Å². The summed E-state index contributed by atoms with van der Waals surface area (Å²) in [6.45, 7) is 0. The second-order valence-corrected chi connectivity index (χ2v) is 8.31. The fourth-order valence-corrected chi connectivity index (χ4v) is 5.38. The molecule has 3 aromatic rings. The quantitative estimate of drug-likeness (QED) is 0.534. The van der Waals surface area contributed by atoms with E-state index in [1.54, 1.807) is 0 Å². The molecular weight excluding hydrogens is 372 g/mol. The zero-order valence-electron chi connectivity index (χ0n) is 14.2. The first-order valence-electron chi connectivity index (χ1n) is 9.19. The largest absolute Gasteiger partial charge is 0.317 e. The van der Waals surface area contributed by atoms with E-state index >= 15 is 0 Å². The molecule has 25 heavy (non-hydrogen) atoms. The Morgan fingerprint density at radius 3 is 2.76 bits per heavy atom. The van der Waals surface area contributed by atoms with Crippen molar-refractivity contribution in [2.24, 2.45) is 5.92 Å². The molecule has 1 atom stereocenters. The fourth-order valence-electron chi connectivity index (χ4n) is 4.98. The van der Waals surface area contributed by atoms with Crippen molar-refractivity contribution in [2.45, 2.75) is 37.6 Å². The normalized spacial score (nSPS) is 22.1. The molecule has 0 N–H and O–H groups in total. The van der Waals surface area contributed by atoms with Crippen LogP contribution in [0.4, 0.5) is 0 Å². The summed E-state index contributed by atoms with van der Waals surface area (Å²) in [5.41, 5.74) is 3.91. The molecule has 1 fully saturated rings. The van der Waals surface area contributed by atoms with Crippen LogP contribution in [0, 0.1) is 5.92 Å². The maximum Gasteiger partial charge on any atom is 0.141 e. The van der Waals surface area contributed by atoms with E-state index in [2.05, 4.69) is 75.2 Å². The molecule has 1 aliphatic heterocycles. The first-order chi connectivity index (χ1) is 12.3. The third-order valence-electron chi connectivity index (χ3n) is 6.03. The average molecular weight is 393 g/mol. The van der Waals surface area contributed by atoms with Crippen molar-refractivity contribution in [3.05, 3.63) is 76.5 Å². The van der Waals surface area contributed by atoms with Crippen molar-refractivity contribution in [3.8, 4) is 11.4 Å². The van der Waals surface area contributed by atoms with Gasteiger partial charge in [-0.2, -0.15) is 0 Å². The monoisotopic (exact) mass is 392 g/mol. The molecule has 1 unspecified atom stereocenters. The van der Waals surface area contributed by atoms with Crippen molar-refractivity contribution in [3.63, 3.8) is 0 Å². The molecule has 2 heterocycles. The van der Waals surface area contributed by atoms with Crippen LogP contribution in [0.15, 0.2) is 65.4 Å². The van der Waals surface area contributed by atoms with Crippen molar-refractivity contribution in [1.29, 1.82) is 0 Å². The third kappa shape index (κ3) is 2.25. The predicted molar refractivity (Wildman–Crippen MR) is 105 cm³/mol. The molecule has 2 aromatic carbocycles. The fraction of sp³-hybridized carbons (Fsp3) is 0.318. The number of hydrogen-bond acceptors (Lipinski definition) is 1. The molecule has 1 aromatic heterocycles. The Bertz CT molecular complexity index is 923. The summed E-state index contributed by atoms with van der Waals surface area (Å²) in [5, 5.41) is 0. The van der Waals surface area contributed by atoms with E-state index in [0.29, 0.717) is 0 Å². The zero-order valence-corrected chi connectivity index (χ0v) is 15.7. The molecule has 0 radical (unpaired) electrons. The Morgan fingerprint density at radius 1 is 1.08 bits per heavy atom. The Hall–Kier alpha value is -1.87. The van der Waals surface area contributed by atoms with Crippen molar-refractivity contribution in [2.75, 3.05) is 0 Å². The van der Waals surface area contributed by atoms with E-state index in [1.165, 1.54) is 42.4 Å². The third-order valence-corrected chi connectivity index (χ3v) is 6.52. The van der Waals surface area contributed by atoms with Gasteiger partial charge in [0.2, 0.25) is 0 Å². The number of rotatable bonds is 3. The summed E-state index contributed by atoms with van der Waals surface area (Å²) in [4.78, 5) is 4.71. The van der Waals surface area contributed by atoms with Gasteiger partial charge in [-0.3, -0.25) is 0 Å². The van der Waals surface area contributed by atoms with Gasteiger partial charge in [-0.05, 0) is 35.6 Å². The molecule has 2 aliphatic rings. The van der Waals surface area contributed by atoms with E-state index in [1.807, 2.05) is 6.20 Å². The van der Waals surface area contributed by atoms with Gasteiger partial charge in [0.25, 0.3) is 0 Å². The van der Waals surface area contributed by atoms with Gasteiger partial charge >= 0.3 is 0 Å². The van der Waals surface area contributed by atoms with Gasteiger partial charge in [-0.15, -0.1) is 0 Å². The highest BCUT2D eigenvalue weighted by atomic mass is 79.9. The second kappa shape index (κ2) is 5.84. The SMILES string of the molecule is Brc1cccc(C2(CC3CCCC3)c3ccccc3-c3nccn32)c1. The lowest BCUT2D eigenvalue weighted by atomic mass is 9.76. The number of benzene rings is 2. The minimum Gasteiger partial charge on any atom is -0.317 e. The van der Waals surface area contributed by atoms with Crippen LogP contribution in [-0.2, 0) is 5.54 Å². The van der Waals surface area contributed by atoms with E-state index in [-0.39, 0.29) is 5.54 Å². The predicted octanol–water partition coefficient (Wildman–Crippen LogP) is 6.00. The Kier molecular flexibility index (Phi) is 3.60. The Balaban J connectivity index is 1.79. The highest BCUT2D eigenvalue weighted by molar-refractivity contribution is 9.10. The molecule has 3 heteroatoms. The molecule has 1 aliphatic carbocycles. The smallest absolute Gasteiger partial charge is 0.141 e. The minimum absolute atomic E-state index is 0.138. The molecule has 5 rings (SSSR count). The maximum absolute atomic E-state index is 4.71. The molecule has 2 nitrogen and oxygen atoms in total. The summed E-state index contributed by atoms with van der Waals surface area (Å²) in [5.74, 6) is 1.88. The Morgan fingerprint density at radius 2 is 1.92 bits per heavy atom. The molecule has 1 saturated carbocycles. The molecule has 126 valence electrons.